The molecule has 0 aliphatic carbocycles. The van der Waals surface area contributed by atoms with Crippen LogP contribution in [0.2, 0.25) is 0 Å². The number of amides is 1. The molecule has 1 saturated heterocycles. The summed E-state index contributed by atoms with van der Waals surface area (Å²) in [6.45, 7) is 1.50. The van der Waals surface area contributed by atoms with E-state index in [1.54, 1.807) is 17.1 Å². The molecule has 128 valence electrons. The maximum Gasteiger partial charge on any atom is 0.231 e. The smallest absolute Gasteiger partial charge is 0.231 e. The molecule has 1 atom stereocenters. The van der Waals surface area contributed by atoms with Gasteiger partial charge in [0.05, 0.1) is 5.92 Å². The number of carbonyl (C=O) groups excluding carboxylic acids is 1. The number of hydrogen-bond acceptors (Lipinski definition) is 7. The maximum absolute atomic E-state index is 12.4. The van der Waals surface area contributed by atoms with E-state index < -0.39 is 0 Å². The Bertz CT molecular complexity index is 817. The molecule has 3 aromatic rings. The molecule has 0 saturated carbocycles. The number of rotatable bonds is 4. The molecule has 25 heavy (non-hydrogen) atoms. The Morgan fingerprint density at radius 2 is 2.12 bits per heavy atom. The molecule has 3 aromatic heterocycles. The average Bonchev–Trinajstić information content (AvgIpc) is 3.36. The second-order valence-electron chi connectivity index (χ2n) is 5.81. The van der Waals surface area contributed by atoms with E-state index in [2.05, 4.69) is 30.5 Å². The largest absolute Gasteiger partial charge is 0.354 e. The number of nitrogens with one attached hydrogen (secondary N) is 1. The fourth-order valence-corrected chi connectivity index (χ4v) is 3.44. The van der Waals surface area contributed by atoms with Crippen molar-refractivity contribution in [2.24, 2.45) is 5.92 Å². The topological polar surface area (TPSA) is 88.8 Å². The van der Waals surface area contributed by atoms with Gasteiger partial charge in [0.25, 0.3) is 0 Å². The summed E-state index contributed by atoms with van der Waals surface area (Å²) < 4.78 is 1.66. The third-order valence-electron chi connectivity index (χ3n) is 4.15. The predicted octanol–water partition coefficient (Wildman–Crippen LogP) is 1.97. The van der Waals surface area contributed by atoms with Crippen molar-refractivity contribution in [3.05, 3.63) is 42.2 Å². The van der Waals surface area contributed by atoms with E-state index in [1.165, 1.54) is 11.3 Å². The zero-order valence-electron chi connectivity index (χ0n) is 13.4. The van der Waals surface area contributed by atoms with Crippen LogP contribution >= 0.6 is 11.3 Å². The highest BCUT2D eigenvalue weighted by atomic mass is 32.1. The molecule has 1 amide bonds. The monoisotopic (exact) mass is 355 g/mol. The van der Waals surface area contributed by atoms with Gasteiger partial charge in [0.1, 0.15) is 0 Å². The Labute approximate surface area is 148 Å². The number of thiazole rings is 1. The Morgan fingerprint density at radius 1 is 1.24 bits per heavy atom. The van der Waals surface area contributed by atoms with Crippen LogP contribution in [0.25, 0.3) is 5.82 Å². The van der Waals surface area contributed by atoms with E-state index in [1.807, 2.05) is 29.8 Å². The van der Waals surface area contributed by atoms with E-state index in [0.717, 1.165) is 25.2 Å². The summed E-state index contributed by atoms with van der Waals surface area (Å²) in [5.41, 5.74) is 0. The van der Waals surface area contributed by atoms with Crippen molar-refractivity contribution >= 4 is 28.2 Å². The molecule has 0 spiro atoms. The van der Waals surface area contributed by atoms with Gasteiger partial charge < -0.3 is 10.2 Å². The van der Waals surface area contributed by atoms with Crippen LogP contribution in [0.15, 0.2) is 42.2 Å². The maximum atomic E-state index is 12.4. The second-order valence-corrected chi connectivity index (χ2v) is 6.71. The van der Waals surface area contributed by atoms with Crippen molar-refractivity contribution in [3.8, 4) is 5.82 Å². The summed E-state index contributed by atoms with van der Waals surface area (Å²) in [5, 5.41) is 18.0. The van der Waals surface area contributed by atoms with Crippen LogP contribution < -0.4 is 10.2 Å². The summed E-state index contributed by atoms with van der Waals surface area (Å²) in [4.78, 5) is 18.6. The fourth-order valence-electron chi connectivity index (χ4n) is 2.91. The lowest BCUT2D eigenvalue weighted by Crippen LogP contribution is -2.41. The molecule has 0 aromatic carbocycles. The first-order valence-electron chi connectivity index (χ1n) is 8.08. The molecule has 1 N–H and O–H groups in total. The second kappa shape index (κ2) is 6.98. The summed E-state index contributed by atoms with van der Waals surface area (Å²) >= 11 is 1.43. The molecule has 8 nitrogen and oxygen atoms in total. The number of aromatic nitrogens is 5. The third kappa shape index (κ3) is 3.50. The van der Waals surface area contributed by atoms with Crippen LogP contribution in [-0.2, 0) is 4.79 Å². The first-order chi connectivity index (χ1) is 12.3. The molecule has 1 fully saturated rings. The average molecular weight is 355 g/mol. The Balaban J connectivity index is 1.43. The van der Waals surface area contributed by atoms with Crippen molar-refractivity contribution in [1.82, 2.24) is 25.0 Å². The molecule has 1 unspecified atom stereocenters. The number of anilines is 2. The molecular formula is C16H17N7OS. The summed E-state index contributed by atoms with van der Waals surface area (Å²) in [6.07, 6.45) is 7.02. The zero-order chi connectivity index (χ0) is 17.1. The van der Waals surface area contributed by atoms with E-state index >= 15 is 0 Å². The van der Waals surface area contributed by atoms with Gasteiger partial charge >= 0.3 is 0 Å². The Hall–Kier alpha value is -2.81. The fraction of sp³-hybridized carbons (Fsp3) is 0.312. The van der Waals surface area contributed by atoms with Gasteiger partial charge in [-0.1, -0.05) is 0 Å². The highest BCUT2D eigenvalue weighted by molar-refractivity contribution is 7.13. The molecule has 9 heteroatoms. The number of carbonyl (C=O) groups is 1. The molecular weight excluding hydrogens is 338 g/mol. The van der Waals surface area contributed by atoms with Crippen molar-refractivity contribution in [1.29, 1.82) is 0 Å². The third-order valence-corrected chi connectivity index (χ3v) is 4.84. The van der Waals surface area contributed by atoms with Crippen molar-refractivity contribution in [2.45, 2.75) is 12.8 Å². The quantitative estimate of drug-likeness (QED) is 0.770. The van der Waals surface area contributed by atoms with Gasteiger partial charge in [0.2, 0.25) is 5.91 Å². The van der Waals surface area contributed by atoms with E-state index in [0.29, 0.717) is 17.5 Å². The van der Waals surface area contributed by atoms with Crippen molar-refractivity contribution in [2.75, 3.05) is 23.3 Å². The summed E-state index contributed by atoms with van der Waals surface area (Å²) in [5.74, 6) is 1.39. The lowest BCUT2D eigenvalue weighted by molar-refractivity contribution is -0.120. The highest BCUT2D eigenvalue weighted by Gasteiger charge is 2.27. The Morgan fingerprint density at radius 3 is 2.84 bits per heavy atom. The number of piperidine rings is 1. The van der Waals surface area contributed by atoms with Gasteiger partial charge in [-0.05, 0) is 31.0 Å². The van der Waals surface area contributed by atoms with E-state index in [-0.39, 0.29) is 11.8 Å². The zero-order valence-corrected chi connectivity index (χ0v) is 14.3. The molecule has 0 bridgehead atoms. The lowest BCUT2D eigenvalue weighted by atomic mass is 9.97. The minimum absolute atomic E-state index is 0.0146. The van der Waals surface area contributed by atoms with Crippen LogP contribution in [0.1, 0.15) is 12.8 Å². The Kier molecular flexibility index (Phi) is 4.38. The predicted molar refractivity (Wildman–Crippen MR) is 94.8 cm³/mol. The first kappa shape index (κ1) is 15.7. The SMILES string of the molecule is O=C(Nc1nccs1)C1CCCN(c2ccc(-n3cccn3)nn2)C1. The molecule has 4 heterocycles. The highest BCUT2D eigenvalue weighted by Crippen LogP contribution is 2.23. The molecule has 1 aliphatic rings. The van der Waals surface area contributed by atoms with Gasteiger partial charge in [-0.2, -0.15) is 5.10 Å². The van der Waals surface area contributed by atoms with Crippen LogP contribution in [0, 0.1) is 5.92 Å². The van der Waals surface area contributed by atoms with Gasteiger partial charge in [0.15, 0.2) is 16.8 Å². The van der Waals surface area contributed by atoms with E-state index in [9.17, 15) is 4.79 Å². The summed E-state index contributed by atoms with van der Waals surface area (Å²) in [6, 6.07) is 5.64. The van der Waals surface area contributed by atoms with Crippen molar-refractivity contribution in [3.63, 3.8) is 0 Å². The molecule has 1 aliphatic heterocycles. The van der Waals surface area contributed by atoms with Crippen LogP contribution in [0.3, 0.4) is 0 Å². The number of nitrogens with zero attached hydrogens (tertiary/aromatic N) is 6. The first-order valence-corrected chi connectivity index (χ1v) is 8.96. The molecule has 4 rings (SSSR count). The van der Waals surface area contributed by atoms with Gasteiger partial charge in [0, 0.05) is 37.1 Å². The van der Waals surface area contributed by atoms with Gasteiger partial charge in [-0.25, -0.2) is 9.67 Å². The lowest BCUT2D eigenvalue weighted by Gasteiger charge is -2.32. The van der Waals surface area contributed by atoms with Crippen LogP contribution in [-0.4, -0.2) is 44.0 Å². The minimum Gasteiger partial charge on any atom is -0.354 e. The van der Waals surface area contributed by atoms with Crippen molar-refractivity contribution < 1.29 is 4.79 Å². The van der Waals surface area contributed by atoms with Gasteiger partial charge in [-0.3, -0.25) is 4.79 Å². The minimum atomic E-state index is -0.0785. The summed E-state index contributed by atoms with van der Waals surface area (Å²) in [7, 11) is 0. The van der Waals surface area contributed by atoms with Crippen LogP contribution in [0.5, 0.6) is 0 Å². The van der Waals surface area contributed by atoms with E-state index in [4.69, 9.17) is 0 Å². The standard InChI is InChI=1S/C16H17N7OS/c24-15(19-16-17-7-10-25-16)12-3-1-8-22(11-12)13-4-5-14(21-20-13)23-9-2-6-18-23/h2,4-7,9-10,12H,1,3,8,11H2,(H,17,19,24). The van der Waals surface area contributed by atoms with Gasteiger partial charge in [-0.15, -0.1) is 21.5 Å². The number of hydrogen-bond donors (Lipinski definition) is 1. The normalized spacial score (nSPS) is 17.4. The van der Waals surface area contributed by atoms with Crippen LogP contribution in [0.4, 0.5) is 10.9 Å². The molecule has 0 radical (unpaired) electrons.